The molecule has 3 nitrogen and oxygen atoms in total. The molecule has 0 bridgehead atoms. The van der Waals surface area contributed by atoms with E-state index in [9.17, 15) is 18.0 Å². The van der Waals surface area contributed by atoms with Gasteiger partial charge in [-0.05, 0) is 51.8 Å². The van der Waals surface area contributed by atoms with Gasteiger partial charge in [0, 0.05) is 6.04 Å². The number of amides is 1. The van der Waals surface area contributed by atoms with Crippen molar-refractivity contribution in [2.24, 2.45) is 0 Å². The molecule has 0 spiro atoms. The summed E-state index contributed by atoms with van der Waals surface area (Å²) in [5.74, 6) is 0. The Morgan fingerprint density at radius 1 is 1.19 bits per heavy atom. The highest BCUT2D eigenvalue weighted by molar-refractivity contribution is 5.68. The van der Waals surface area contributed by atoms with Crippen LogP contribution in [0, 0.1) is 0 Å². The zero-order valence-corrected chi connectivity index (χ0v) is 12.5. The number of hydrogen-bond acceptors (Lipinski definition) is 2. The molecule has 1 N–H and O–H groups in total. The van der Waals surface area contributed by atoms with E-state index >= 15 is 0 Å². The summed E-state index contributed by atoms with van der Waals surface area (Å²) in [6, 6.07) is 4.66. The summed E-state index contributed by atoms with van der Waals surface area (Å²) in [7, 11) is 0. The van der Waals surface area contributed by atoms with Crippen LogP contribution in [0.1, 0.15) is 38.8 Å². The van der Waals surface area contributed by atoms with E-state index in [1.54, 1.807) is 27.7 Å². The molecule has 0 unspecified atom stereocenters. The molecule has 1 amide bonds. The van der Waals surface area contributed by atoms with Gasteiger partial charge in [-0.1, -0.05) is 12.1 Å². The predicted octanol–water partition coefficient (Wildman–Crippen LogP) is 4.16. The average Bonchev–Trinajstić information content (AvgIpc) is 2.25. The van der Waals surface area contributed by atoms with Crippen LogP contribution in [0.2, 0.25) is 0 Å². The number of halogens is 3. The van der Waals surface area contributed by atoms with Crippen molar-refractivity contribution >= 4 is 6.09 Å². The number of nitrogens with one attached hydrogen (secondary N) is 1. The molecule has 0 radical (unpaired) electrons. The van der Waals surface area contributed by atoms with Gasteiger partial charge in [0.2, 0.25) is 0 Å². The number of carbonyl (C=O) groups excluding carboxylic acids is 1. The van der Waals surface area contributed by atoms with Crippen LogP contribution in [-0.4, -0.2) is 17.7 Å². The molecule has 0 fully saturated rings. The lowest BCUT2D eigenvalue weighted by Crippen LogP contribution is -2.38. The molecule has 1 aromatic rings. The number of benzene rings is 1. The molecule has 0 saturated heterocycles. The summed E-state index contributed by atoms with van der Waals surface area (Å²) in [5.41, 5.74) is -0.552. The van der Waals surface area contributed by atoms with Crippen molar-refractivity contribution < 1.29 is 22.7 Å². The Hall–Kier alpha value is -1.72. The second-order valence-corrected chi connectivity index (χ2v) is 5.95. The fourth-order valence-corrected chi connectivity index (χ4v) is 1.74. The summed E-state index contributed by atoms with van der Waals surface area (Å²) < 4.78 is 42.4. The molecule has 1 atom stereocenters. The fraction of sp³-hybridized carbons (Fsp3) is 0.533. The van der Waals surface area contributed by atoms with Crippen LogP contribution < -0.4 is 5.32 Å². The first-order valence-corrected chi connectivity index (χ1v) is 6.63. The number of alkyl carbamates (subject to hydrolysis) is 1. The summed E-state index contributed by atoms with van der Waals surface area (Å²) in [6.07, 6.45) is -4.45. The molecule has 0 aliphatic heterocycles. The van der Waals surface area contributed by atoms with E-state index in [-0.39, 0.29) is 6.04 Å². The van der Waals surface area contributed by atoms with Crippen LogP contribution in [0.4, 0.5) is 18.0 Å². The Bertz CT molecular complexity index is 475. The van der Waals surface area contributed by atoms with Crippen LogP contribution in [-0.2, 0) is 17.3 Å². The molecule has 0 aromatic heterocycles. The van der Waals surface area contributed by atoms with Gasteiger partial charge < -0.3 is 10.1 Å². The molecule has 0 heterocycles. The van der Waals surface area contributed by atoms with E-state index in [1.807, 2.05) is 0 Å². The molecular formula is C15H20F3NO2. The van der Waals surface area contributed by atoms with Crippen molar-refractivity contribution in [3.8, 4) is 0 Å². The Morgan fingerprint density at radius 2 is 1.71 bits per heavy atom. The van der Waals surface area contributed by atoms with Crippen molar-refractivity contribution in [1.82, 2.24) is 5.32 Å². The van der Waals surface area contributed by atoms with E-state index in [0.717, 1.165) is 12.1 Å². The first kappa shape index (κ1) is 17.3. The molecule has 0 aliphatic carbocycles. The summed E-state index contributed by atoms with van der Waals surface area (Å²) in [4.78, 5) is 11.6. The number of alkyl halides is 3. The van der Waals surface area contributed by atoms with Crippen molar-refractivity contribution in [3.63, 3.8) is 0 Å². The highest BCUT2D eigenvalue weighted by Crippen LogP contribution is 2.29. The standard InChI is InChI=1S/C15H20F3NO2/c1-10(19-13(20)21-14(2,3)4)9-11-5-7-12(8-6-11)15(16,17)18/h5-8,10H,9H2,1-4H3,(H,19,20)/t10-/m1/s1. The maximum atomic E-state index is 12.4. The van der Waals surface area contributed by atoms with Crippen LogP contribution in [0.5, 0.6) is 0 Å². The molecule has 118 valence electrons. The van der Waals surface area contributed by atoms with Gasteiger partial charge in [0.15, 0.2) is 0 Å². The lowest BCUT2D eigenvalue weighted by atomic mass is 10.1. The Morgan fingerprint density at radius 3 is 2.14 bits per heavy atom. The molecule has 1 aromatic carbocycles. The zero-order valence-electron chi connectivity index (χ0n) is 12.5. The highest BCUT2D eigenvalue weighted by Gasteiger charge is 2.30. The lowest BCUT2D eigenvalue weighted by Gasteiger charge is -2.22. The van der Waals surface area contributed by atoms with Gasteiger partial charge >= 0.3 is 12.3 Å². The van der Waals surface area contributed by atoms with Crippen LogP contribution in [0.3, 0.4) is 0 Å². The topological polar surface area (TPSA) is 38.3 Å². The Labute approximate surface area is 122 Å². The van der Waals surface area contributed by atoms with Gasteiger partial charge in [-0.25, -0.2) is 4.79 Å². The van der Waals surface area contributed by atoms with Crippen molar-refractivity contribution in [3.05, 3.63) is 35.4 Å². The summed E-state index contributed by atoms with van der Waals surface area (Å²) in [5, 5.41) is 2.65. The number of ether oxygens (including phenoxy) is 1. The highest BCUT2D eigenvalue weighted by atomic mass is 19.4. The Kier molecular flexibility index (Phi) is 5.25. The van der Waals surface area contributed by atoms with Gasteiger partial charge in [0.1, 0.15) is 5.60 Å². The second-order valence-electron chi connectivity index (χ2n) is 5.95. The van der Waals surface area contributed by atoms with Crippen molar-refractivity contribution in [2.45, 2.75) is 51.9 Å². The minimum Gasteiger partial charge on any atom is -0.444 e. The third kappa shape index (κ3) is 6.51. The van der Waals surface area contributed by atoms with Crippen LogP contribution in [0.15, 0.2) is 24.3 Å². The van der Waals surface area contributed by atoms with Gasteiger partial charge in [0.05, 0.1) is 5.56 Å². The average molecular weight is 303 g/mol. The van der Waals surface area contributed by atoms with Crippen molar-refractivity contribution in [2.75, 3.05) is 0 Å². The molecule has 6 heteroatoms. The van der Waals surface area contributed by atoms with Gasteiger partial charge in [0.25, 0.3) is 0 Å². The van der Waals surface area contributed by atoms with Gasteiger partial charge in [-0.15, -0.1) is 0 Å². The summed E-state index contributed by atoms with van der Waals surface area (Å²) in [6.45, 7) is 7.04. The maximum absolute atomic E-state index is 12.4. The third-order valence-corrected chi connectivity index (χ3v) is 2.59. The lowest BCUT2D eigenvalue weighted by molar-refractivity contribution is -0.137. The number of rotatable bonds is 3. The van der Waals surface area contributed by atoms with E-state index in [1.165, 1.54) is 12.1 Å². The number of hydrogen-bond donors (Lipinski definition) is 1. The van der Waals surface area contributed by atoms with Crippen molar-refractivity contribution in [1.29, 1.82) is 0 Å². The molecule has 21 heavy (non-hydrogen) atoms. The van der Waals surface area contributed by atoms with E-state index < -0.39 is 23.4 Å². The fourth-order valence-electron chi connectivity index (χ4n) is 1.74. The SMILES string of the molecule is C[C@H](Cc1ccc(C(F)(F)F)cc1)NC(=O)OC(C)(C)C. The molecule has 1 rings (SSSR count). The number of carbonyl (C=O) groups is 1. The van der Waals surface area contributed by atoms with E-state index in [2.05, 4.69) is 5.32 Å². The van der Waals surface area contributed by atoms with E-state index in [0.29, 0.717) is 12.0 Å². The first-order valence-electron chi connectivity index (χ1n) is 6.63. The van der Waals surface area contributed by atoms with Crippen LogP contribution >= 0.6 is 0 Å². The third-order valence-electron chi connectivity index (χ3n) is 2.59. The zero-order chi connectivity index (χ0) is 16.3. The normalized spacial score (nSPS) is 13.7. The first-order chi connectivity index (χ1) is 9.47. The minimum absolute atomic E-state index is 0.239. The molecule has 0 saturated carbocycles. The summed E-state index contributed by atoms with van der Waals surface area (Å²) >= 11 is 0. The second kappa shape index (κ2) is 6.37. The van der Waals surface area contributed by atoms with Crippen LogP contribution in [0.25, 0.3) is 0 Å². The van der Waals surface area contributed by atoms with E-state index in [4.69, 9.17) is 4.74 Å². The minimum atomic E-state index is -4.33. The smallest absolute Gasteiger partial charge is 0.416 e. The van der Waals surface area contributed by atoms with Gasteiger partial charge in [-0.2, -0.15) is 13.2 Å². The largest absolute Gasteiger partial charge is 0.444 e. The monoisotopic (exact) mass is 303 g/mol. The predicted molar refractivity (Wildman–Crippen MR) is 74.0 cm³/mol. The van der Waals surface area contributed by atoms with Gasteiger partial charge in [-0.3, -0.25) is 0 Å². The molecular weight excluding hydrogens is 283 g/mol. The molecule has 0 aliphatic rings. The Balaban J connectivity index is 2.55. The maximum Gasteiger partial charge on any atom is 0.416 e. The quantitative estimate of drug-likeness (QED) is 0.910.